The summed E-state index contributed by atoms with van der Waals surface area (Å²) in [4.78, 5) is 0. The molecule has 1 unspecified atom stereocenters. The SMILES string of the molecule is CCCNC(Cc1ccc(F)cc1F)c1occc1C. The zero-order valence-corrected chi connectivity index (χ0v) is 11.7. The highest BCUT2D eigenvalue weighted by atomic mass is 19.1. The molecule has 0 radical (unpaired) electrons. The van der Waals surface area contributed by atoms with Crippen molar-refractivity contribution in [1.29, 1.82) is 0 Å². The number of hydrogen-bond donors (Lipinski definition) is 1. The molecule has 2 aromatic rings. The number of hydrogen-bond acceptors (Lipinski definition) is 2. The first-order valence-electron chi connectivity index (χ1n) is 6.83. The van der Waals surface area contributed by atoms with E-state index in [9.17, 15) is 8.78 Å². The van der Waals surface area contributed by atoms with Gasteiger partial charge in [-0.05, 0) is 49.6 Å². The lowest BCUT2D eigenvalue weighted by atomic mass is 10.0. The average Bonchev–Trinajstić information content (AvgIpc) is 2.83. The first-order valence-corrected chi connectivity index (χ1v) is 6.83. The van der Waals surface area contributed by atoms with Crippen molar-refractivity contribution >= 4 is 0 Å². The first kappa shape index (κ1) is 14.7. The number of rotatable bonds is 6. The lowest BCUT2D eigenvalue weighted by Gasteiger charge is -2.18. The van der Waals surface area contributed by atoms with E-state index < -0.39 is 11.6 Å². The Balaban J connectivity index is 2.21. The zero-order valence-electron chi connectivity index (χ0n) is 11.7. The predicted octanol–water partition coefficient (Wildman–Crippen LogP) is 4.15. The fraction of sp³-hybridized carbons (Fsp3) is 0.375. The first-order chi connectivity index (χ1) is 9.61. The van der Waals surface area contributed by atoms with E-state index >= 15 is 0 Å². The van der Waals surface area contributed by atoms with E-state index in [1.807, 2.05) is 13.0 Å². The van der Waals surface area contributed by atoms with E-state index in [4.69, 9.17) is 4.42 Å². The molecule has 20 heavy (non-hydrogen) atoms. The molecule has 0 spiro atoms. The molecular formula is C16H19F2NO. The molecule has 1 aromatic carbocycles. The van der Waals surface area contributed by atoms with Gasteiger partial charge in [0.15, 0.2) is 0 Å². The molecule has 1 heterocycles. The fourth-order valence-electron chi connectivity index (χ4n) is 2.22. The van der Waals surface area contributed by atoms with Gasteiger partial charge in [-0.15, -0.1) is 0 Å². The molecule has 4 heteroatoms. The van der Waals surface area contributed by atoms with Gasteiger partial charge in [-0.1, -0.05) is 13.0 Å². The Morgan fingerprint density at radius 2 is 2.05 bits per heavy atom. The van der Waals surface area contributed by atoms with Crippen molar-refractivity contribution in [1.82, 2.24) is 5.32 Å². The van der Waals surface area contributed by atoms with Gasteiger partial charge in [0.05, 0.1) is 12.3 Å². The van der Waals surface area contributed by atoms with Gasteiger partial charge in [-0.3, -0.25) is 0 Å². The number of halogens is 2. The number of aryl methyl sites for hydroxylation is 1. The summed E-state index contributed by atoms with van der Waals surface area (Å²) >= 11 is 0. The van der Waals surface area contributed by atoms with E-state index in [1.54, 1.807) is 6.26 Å². The van der Waals surface area contributed by atoms with Crippen molar-refractivity contribution in [3.05, 3.63) is 59.1 Å². The van der Waals surface area contributed by atoms with Gasteiger partial charge in [0.2, 0.25) is 0 Å². The monoisotopic (exact) mass is 279 g/mol. The largest absolute Gasteiger partial charge is 0.467 e. The predicted molar refractivity (Wildman–Crippen MR) is 74.5 cm³/mol. The van der Waals surface area contributed by atoms with Crippen molar-refractivity contribution in [2.24, 2.45) is 0 Å². The minimum atomic E-state index is -0.557. The molecule has 2 nitrogen and oxygen atoms in total. The summed E-state index contributed by atoms with van der Waals surface area (Å²) in [5.74, 6) is -0.266. The maximum absolute atomic E-state index is 13.8. The maximum Gasteiger partial charge on any atom is 0.129 e. The van der Waals surface area contributed by atoms with Crippen LogP contribution in [0.4, 0.5) is 8.78 Å². The van der Waals surface area contributed by atoms with Crippen LogP contribution in [0.15, 0.2) is 34.9 Å². The molecule has 0 aliphatic heterocycles. The third kappa shape index (κ3) is 3.45. The summed E-state index contributed by atoms with van der Waals surface area (Å²) in [5, 5.41) is 3.35. The van der Waals surface area contributed by atoms with Gasteiger partial charge >= 0.3 is 0 Å². The molecule has 108 valence electrons. The van der Waals surface area contributed by atoms with Crippen molar-refractivity contribution in [2.75, 3.05) is 6.54 Å². The van der Waals surface area contributed by atoms with Gasteiger partial charge in [0.1, 0.15) is 17.4 Å². The van der Waals surface area contributed by atoms with Crippen molar-refractivity contribution in [3.8, 4) is 0 Å². The summed E-state index contributed by atoms with van der Waals surface area (Å²) in [6, 6.07) is 5.47. The summed E-state index contributed by atoms with van der Waals surface area (Å²) < 4.78 is 32.2. The molecule has 1 atom stereocenters. The highest BCUT2D eigenvalue weighted by Gasteiger charge is 2.18. The molecule has 1 N–H and O–H groups in total. The second-order valence-electron chi connectivity index (χ2n) is 4.91. The summed E-state index contributed by atoms with van der Waals surface area (Å²) in [5.41, 5.74) is 1.51. The minimum Gasteiger partial charge on any atom is -0.467 e. The van der Waals surface area contributed by atoms with Crippen LogP contribution in [0, 0.1) is 18.6 Å². The van der Waals surface area contributed by atoms with E-state index in [0.29, 0.717) is 12.0 Å². The number of nitrogens with one attached hydrogen (secondary N) is 1. The van der Waals surface area contributed by atoms with Crippen molar-refractivity contribution in [3.63, 3.8) is 0 Å². The molecule has 1 aromatic heterocycles. The van der Waals surface area contributed by atoms with Crippen LogP contribution in [-0.4, -0.2) is 6.54 Å². The minimum absolute atomic E-state index is 0.107. The van der Waals surface area contributed by atoms with Crippen LogP contribution in [-0.2, 0) is 6.42 Å². The molecule has 0 bridgehead atoms. The van der Waals surface area contributed by atoms with E-state index in [2.05, 4.69) is 12.2 Å². The Kier molecular flexibility index (Phi) is 4.90. The van der Waals surface area contributed by atoms with Crippen LogP contribution >= 0.6 is 0 Å². The summed E-state index contributed by atoms with van der Waals surface area (Å²) in [7, 11) is 0. The van der Waals surface area contributed by atoms with Crippen LogP contribution in [0.3, 0.4) is 0 Å². The van der Waals surface area contributed by atoms with Gasteiger partial charge in [-0.2, -0.15) is 0 Å². The van der Waals surface area contributed by atoms with Crippen LogP contribution in [0.1, 0.15) is 36.3 Å². The highest BCUT2D eigenvalue weighted by molar-refractivity contribution is 5.24. The third-order valence-electron chi connectivity index (χ3n) is 3.30. The van der Waals surface area contributed by atoms with Crippen LogP contribution in [0.2, 0.25) is 0 Å². The zero-order chi connectivity index (χ0) is 14.5. The van der Waals surface area contributed by atoms with Gasteiger partial charge in [0.25, 0.3) is 0 Å². The molecule has 0 saturated heterocycles. The Morgan fingerprint density at radius 3 is 2.65 bits per heavy atom. The molecule has 2 rings (SSSR count). The average molecular weight is 279 g/mol. The second kappa shape index (κ2) is 6.66. The number of furan rings is 1. The van der Waals surface area contributed by atoms with Gasteiger partial charge < -0.3 is 9.73 Å². The van der Waals surface area contributed by atoms with Crippen molar-refractivity contribution < 1.29 is 13.2 Å². The molecule has 0 aliphatic carbocycles. The van der Waals surface area contributed by atoms with Crippen LogP contribution in [0.25, 0.3) is 0 Å². The molecule has 0 fully saturated rings. The second-order valence-corrected chi connectivity index (χ2v) is 4.91. The van der Waals surface area contributed by atoms with E-state index in [1.165, 1.54) is 12.1 Å². The maximum atomic E-state index is 13.8. The van der Waals surface area contributed by atoms with Gasteiger partial charge in [-0.25, -0.2) is 8.78 Å². The highest BCUT2D eigenvalue weighted by Crippen LogP contribution is 2.24. The van der Waals surface area contributed by atoms with Crippen LogP contribution < -0.4 is 5.32 Å². The summed E-state index contributed by atoms with van der Waals surface area (Å²) in [6.07, 6.45) is 3.04. The Morgan fingerprint density at radius 1 is 1.25 bits per heavy atom. The normalized spacial score (nSPS) is 12.6. The molecule has 0 amide bonds. The fourth-order valence-corrected chi connectivity index (χ4v) is 2.22. The lowest BCUT2D eigenvalue weighted by molar-refractivity contribution is 0.404. The summed E-state index contributed by atoms with van der Waals surface area (Å²) in [6.45, 7) is 4.84. The standard InChI is InChI=1S/C16H19F2NO/c1-3-7-19-15(16-11(2)6-8-20-16)9-12-4-5-13(17)10-14(12)18/h4-6,8,10,15,19H,3,7,9H2,1-2H3. The molecular weight excluding hydrogens is 260 g/mol. The van der Waals surface area contributed by atoms with Crippen LogP contribution in [0.5, 0.6) is 0 Å². The number of benzene rings is 1. The molecule has 0 aliphatic rings. The smallest absolute Gasteiger partial charge is 0.129 e. The quantitative estimate of drug-likeness (QED) is 0.859. The lowest BCUT2D eigenvalue weighted by Crippen LogP contribution is -2.24. The van der Waals surface area contributed by atoms with E-state index in [0.717, 1.165) is 30.4 Å². The van der Waals surface area contributed by atoms with E-state index in [-0.39, 0.29) is 6.04 Å². The Hall–Kier alpha value is -1.68. The van der Waals surface area contributed by atoms with Crippen molar-refractivity contribution in [2.45, 2.75) is 32.7 Å². The topological polar surface area (TPSA) is 25.2 Å². The Labute approximate surface area is 117 Å². The van der Waals surface area contributed by atoms with Gasteiger partial charge in [0, 0.05) is 6.07 Å². The Bertz CT molecular complexity index is 565. The third-order valence-corrected chi connectivity index (χ3v) is 3.30. The molecule has 0 saturated carbocycles.